The lowest BCUT2D eigenvalue weighted by Crippen LogP contribution is -2.02. The molecule has 0 fully saturated rings. The van der Waals surface area contributed by atoms with Gasteiger partial charge in [0.2, 0.25) is 0 Å². The predicted molar refractivity (Wildman–Crippen MR) is 169 cm³/mol. The van der Waals surface area contributed by atoms with Crippen LogP contribution in [0.1, 0.15) is 24.0 Å². The Labute approximate surface area is 238 Å². The highest BCUT2D eigenvalue weighted by Gasteiger charge is 2.13. The summed E-state index contributed by atoms with van der Waals surface area (Å²) in [6.45, 7) is 0. The summed E-state index contributed by atoms with van der Waals surface area (Å²) in [5.41, 5.74) is 3.17. The molecule has 0 spiro atoms. The van der Waals surface area contributed by atoms with Gasteiger partial charge in [-0.05, 0) is 81.3 Å². The molecule has 0 saturated heterocycles. The van der Waals surface area contributed by atoms with Crippen LogP contribution in [-0.2, 0) is 12.8 Å². The molecule has 8 rings (SSSR count). The Balaban J connectivity index is 0.000000146. The van der Waals surface area contributed by atoms with Crippen molar-refractivity contribution >= 4 is 43.1 Å². The molecule has 0 amide bonds. The molecule has 1 nitrogen and oxygen atoms in total. The van der Waals surface area contributed by atoms with Gasteiger partial charge in [-0.15, -0.1) is 0 Å². The van der Waals surface area contributed by atoms with Crippen molar-refractivity contribution < 1.29 is 13.8 Å². The fourth-order valence-electron chi connectivity index (χ4n) is 6.04. The Morgan fingerprint density at radius 2 is 1.02 bits per heavy atom. The third-order valence-electron chi connectivity index (χ3n) is 8.05. The van der Waals surface area contributed by atoms with Crippen LogP contribution in [0.25, 0.3) is 43.1 Å². The minimum absolute atomic E-state index is 0. The summed E-state index contributed by atoms with van der Waals surface area (Å²) in [5, 5.41) is 9.12. The summed E-state index contributed by atoms with van der Waals surface area (Å²) in [6, 6.07) is 42.6. The van der Waals surface area contributed by atoms with Crippen LogP contribution in [-0.4, -0.2) is 0 Å². The van der Waals surface area contributed by atoms with Gasteiger partial charge in [0.15, 0.2) is 11.6 Å². The van der Waals surface area contributed by atoms with Gasteiger partial charge in [-0.3, -0.25) is 4.70 Å². The molecule has 202 valence electrons. The predicted octanol–water partition coefficient (Wildman–Crippen LogP) is 10.9. The number of hydrogen-bond acceptors (Lipinski definition) is 1. The number of hydrogen-bond donors (Lipinski definition) is 0. The Bertz CT molecular complexity index is 2010. The quantitative estimate of drug-likeness (QED) is 0.198. The number of halogens is 2. The smallest absolute Gasteiger partial charge is 0.173 e. The van der Waals surface area contributed by atoms with Crippen molar-refractivity contribution in [3.05, 3.63) is 144 Å². The first-order valence-corrected chi connectivity index (χ1v) is 14.0. The van der Waals surface area contributed by atoms with E-state index in [0.29, 0.717) is 11.1 Å². The molecule has 0 saturated carbocycles. The number of ether oxygens (including phenoxy) is 1. The molecule has 41 heavy (non-hydrogen) atoms. The Morgan fingerprint density at radius 1 is 0.439 bits per heavy atom. The first kappa shape index (κ1) is 26.5. The molecular weight excluding hydrogens is 510 g/mol. The average Bonchev–Trinajstić information content (AvgIpc) is 3.03. The van der Waals surface area contributed by atoms with E-state index in [9.17, 15) is 4.39 Å². The van der Waals surface area contributed by atoms with Crippen LogP contribution < -0.4 is 4.74 Å². The molecular formula is C38H30F2O. The highest BCUT2D eigenvalue weighted by atomic mass is 19.1. The fourth-order valence-corrected chi connectivity index (χ4v) is 6.04. The number of rotatable bonds is 2. The van der Waals surface area contributed by atoms with Crippen molar-refractivity contribution in [2.24, 2.45) is 0 Å². The van der Waals surface area contributed by atoms with E-state index in [2.05, 4.69) is 48.5 Å². The van der Waals surface area contributed by atoms with Gasteiger partial charge in [-0.25, -0.2) is 4.39 Å². The Kier molecular flexibility index (Phi) is 7.35. The average molecular weight is 541 g/mol. The first-order valence-electron chi connectivity index (χ1n) is 14.0. The van der Waals surface area contributed by atoms with Crippen LogP contribution in [0.2, 0.25) is 0 Å². The second-order valence-electron chi connectivity index (χ2n) is 10.5. The lowest BCUT2D eigenvalue weighted by atomic mass is 9.86. The van der Waals surface area contributed by atoms with Gasteiger partial charge in [0.1, 0.15) is 5.75 Å². The number of fused-ring (bicyclic) bond motifs is 7. The van der Waals surface area contributed by atoms with Gasteiger partial charge in [-0.2, -0.15) is 0 Å². The lowest BCUT2D eigenvalue weighted by molar-refractivity contribution is 0.450. The van der Waals surface area contributed by atoms with E-state index in [0.717, 1.165) is 16.2 Å². The molecule has 1 aliphatic carbocycles. The molecule has 0 heterocycles. The van der Waals surface area contributed by atoms with E-state index in [4.69, 9.17) is 4.74 Å². The second-order valence-corrected chi connectivity index (χ2v) is 10.5. The van der Waals surface area contributed by atoms with Crippen molar-refractivity contribution in [3.8, 4) is 11.5 Å². The van der Waals surface area contributed by atoms with Gasteiger partial charge < -0.3 is 4.74 Å². The van der Waals surface area contributed by atoms with E-state index in [1.54, 1.807) is 23.3 Å². The van der Waals surface area contributed by atoms with Crippen LogP contribution in [0.3, 0.4) is 0 Å². The van der Waals surface area contributed by atoms with Crippen LogP contribution in [0.4, 0.5) is 9.09 Å². The third-order valence-corrected chi connectivity index (χ3v) is 8.05. The minimum Gasteiger partial charge on any atom is -0.454 e. The Morgan fingerprint density at radius 3 is 1.83 bits per heavy atom. The monoisotopic (exact) mass is 540 g/mol. The van der Waals surface area contributed by atoms with Crippen molar-refractivity contribution in [3.63, 3.8) is 0 Å². The Hall–Kier alpha value is -4.76. The molecule has 0 unspecified atom stereocenters. The van der Waals surface area contributed by atoms with Gasteiger partial charge in [0, 0.05) is 10.8 Å². The van der Waals surface area contributed by atoms with Gasteiger partial charge >= 0.3 is 0 Å². The molecule has 7 aromatic carbocycles. The maximum atomic E-state index is 14.6. The largest absolute Gasteiger partial charge is 0.454 e. The van der Waals surface area contributed by atoms with Gasteiger partial charge in [0.25, 0.3) is 0 Å². The standard InChI is InChI=1S/C20H13FO.C18H16.FH/c21-20-17-10-4-2-7-15(17)12-13-19(20)22-18-11-5-8-14-6-1-3-9-16(14)18;1-3-7-15-13(5-1)9-11-18-16-8-4-2-6-14(16)10-12-17(15)18;/h1-13H;1,3,5,7,9-12H,2,4,6,8H2;1H. The summed E-state index contributed by atoms with van der Waals surface area (Å²) >= 11 is 0. The minimum atomic E-state index is -0.328. The topological polar surface area (TPSA) is 9.23 Å². The van der Waals surface area contributed by atoms with Crippen LogP contribution in [0, 0.1) is 5.82 Å². The van der Waals surface area contributed by atoms with Gasteiger partial charge in [-0.1, -0.05) is 115 Å². The fraction of sp³-hybridized carbons (Fsp3) is 0.105. The molecule has 0 aromatic heterocycles. The van der Waals surface area contributed by atoms with Gasteiger partial charge in [0.05, 0.1) is 0 Å². The normalized spacial score (nSPS) is 12.4. The van der Waals surface area contributed by atoms with Crippen molar-refractivity contribution in [2.45, 2.75) is 25.7 Å². The third kappa shape index (κ3) is 5.00. The van der Waals surface area contributed by atoms with Crippen LogP contribution >= 0.6 is 0 Å². The first-order chi connectivity index (χ1) is 19.8. The summed E-state index contributed by atoms with van der Waals surface area (Å²) in [6.07, 6.45) is 5.22. The highest BCUT2D eigenvalue weighted by Crippen LogP contribution is 2.35. The molecule has 7 aromatic rings. The van der Waals surface area contributed by atoms with Crippen LogP contribution in [0.15, 0.2) is 127 Å². The second kappa shape index (κ2) is 11.4. The number of aryl methyl sites for hydroxylation is 2. The van der Waals surface area contributed by atoms with E-state index in [1.165, 1.54) is 47.2 Å². The van der Waals surface area contributed by atoms with Crippen molar-refractivity contribution in [1.29, 1.82) is 0 Å². The maximum Gasteiger partial charge on any atom is 0.173 e. The summed E-state index contributed by atoms with van der Waals surface area (Å²) < 4.78 is 20.5. The molecule has 1 aliphatic rings. The zero-order chi connectivity index (χ0) is 26.9. The summed E-state index contributed by atoms with van der Waals surface area (Å²) in [5.74, 6) is 0.577. The van der Waals surface area contributed by atoms with Crippen molar-refractivity contribution in [2.75, 3.05) is 0 Å². The SMILES string of the molecule is F.Fc1c(Oc2cccc3ccccc23)ccc2ccccc12.c1ccc2c(c1)ccc1c3c(ccc12)CCCC3. The highest BCUT2D eigenvalue weighted by molar-refractivity contribution is 6.08. The molecule has 0 atom stereocenters. The zero-order valence-electron chi connectivity index (χ0n) is 22.6. The molecule has 0 bridgehead atoms. The van der Waals surface area contributed by atoms with E-state index >= 15 is 0 Å². The summed E-state index contributed by atoms with van der Waals surface area (Å²) in [4.78, 5) is 0. The van der Waals surface area contributed by atoms with E-state index in [1.807, 2.05) is 66.7 Å². The van der Waals surface area contributed by atoms with Crippen molar-refractivity contribution in [1.82, 2.24) is 0 Å². The zero-order valence-corrected chi connectivity index (χ0v) is 22.6. The number of benzene rings is 7. The molecule has 0 N–H and O–H groups in total. The van der Waals surface area contributed by atoms with Crippen LogP contribution in [0.5, 0.6) is 11.5 Å². The molecule has 3 heteroatoms. The van der Waals surface area contributed by atoms with E-state index in [-0.39, 0.29) is 16.3 Å². The lowest BCUT2D eigenvalue weighted by Gasteiger charge is -2.18. The summed E-state index contributed by atoms with van der Waals surface area (Å²) in [7, 11) is 0. The molecule has 0 aliphatic heterocycles. The molecule has 0 radical (unpaired) electrons. The maximum absolute atomic E-state index is 14.6. The van der Waals surface area contributed by atoms with E-state index < -0.39 is 0 Å².